The quantitative estimate of drug-likeness (QED) is 0.787. The van der Waals surface area contributed by atoms with Crippen molar-refractivity contribution in [2.75, 3.05) is 32.7 Å². The molecule has 1 amide bonds. The molecule has 1 aromatic heterocycles. The Morgan fingerprint density at radius 2 is 2.06 bits per heavy atom. The highest BCUT2D eigenvalue weighted by Crippen LogP contribution is 2.10. The van der Waals surface area contributed by atoms with Gasteiger partial charge in [-0.05, 0) is 13.0 Å². The van der Waals surface area contributed by atoms with Crippen LogP contribution in [0.4, 0.5) is 0 Å². The summed E-state index contributed by atoms with van der Waals surface area (Å²) >= 11 is 0. The van der Waals surface area contributed by atoms with Crippen molar-refractivity contribution in [1.82, 2.24) is 15.0 Å². The first-order valence-electron chi connectivity index (χ1n) is 6.21. The van der Waals surface area contributed by atoms with Crippen LogP contribution in [0.25, 0.3) is 0 Å². The second-order valence-corrected chi connectivity index (χ2v) is 4.26. The van der Waals surface area contributed by atoms with Gasteiger partial charge in [0.15, 0.2) is 0 Å². The van der Waals surface area contributed by atoms with E-state index in [1.165, 1.54) is 0 Å². The second kappa shape index (κ2) is 5.31. The lowest BCUT2D eigenvalue weighted by atomic mass is 10.2. The van der Waals surface area contributed by atoms with Crippen LogP contribution in [-0.2, 0) is 6.42 Å². The topological polar surface area (TPSA) is 49.6 Å². The van der Waals surface area contributed by atoms with Crippen LogP contribution < -0.4 is 0 Å². The predicted octanol–water partition coefficient (Wildman–Crippen LogP) is 1.01. The van der Waals surface area contributed by atoms with Gasteiger partial charge in [0.25, 0.3) is 5.91 Å². The molecule has 0 unspecified atom stereocenters. The minimum atomic E-state index is -0.0343. The van der Waals surface area contributed by atoms with Crippen LogP contribution in [0.1, 0.15) is 30.1 Å². The number of carbonyl (C=O) groups is 1. The molecule has 0 saturated carbocycles. The number of aromatic nitrogens is 1. The lowest BCUT2D eigenvalue weighted by Gasteiger charge is -2.33. The van der Waals surface area contributed by atoms with Gasteiger partial charge in [0.1, 0.15) is 0 Å². The number of hydrogen-bond donors (Lipinski definition) is 0. The fourth-order valence-electron chi connectivity index (χ4n) is 2.00. The molecule has 5 heteroatoms. The van der Waals surface area contributed by atoms with Gasteiger partial charge in [-0.15, -0.1) is 0 Å². The molecule has 5 nitrogen and oxygen atoms in total. The summed E-state index contributed by atoms with van der Waals surface area (Å²) in [5.41, 5.74) is 0.834. The monoisotopic (exact) mass is 237 g/mol. The molecule has 0 radical (unpaired) electrons. The van der Waals surface area contributed by atoms with Crippen molar-refractivity contribution in [3.05, 3.63) is 17.5 Å². The van der Waals surface area contributed by atoms with Crippen molar-refractivity contribution in [1.29, 1.82) is 0 Å². The maximum Gasteiger partial charge on any atom is 0.292 e. The van der Waals surface area contributed by atoms with Gasteiger partial charge in [-0.1, -0.05) is 19.0 Å². The van der Waals surface area contributed by atoms with Crippen LogP contribution in [0.5, 0.6) is 0 Å². The van der Waals surface area contributed by atoms with E-state index in [0.29, 0.717) is 5.76 Å². The number of hydrogen-bond acceptors (Lipinski definition) is 4. The van der Waals surface area contributed by atoms with Gasteiger partial charge in [0.2, 0.25) is 5.76 Å². The standard InChI is InChI=1S/C12H19N3O2/c1-3-10-9-11(17-13-10)12(16)15-7-5-14(4-2)6-8-15/h9H,3-8H2,1-2H3. The molecule has 1 fully saturated rings. The number of aryl methyl sites for hydroxylation is 1. The molecule has 1 aromatic rings. The minimum Gasteiger partial charge on any atom is -0.351 e. The summed E-state index contributed by atoms with van der Waals surface area (Å²) in [5.74, 6) is 0.333. The zero-order valence-electron chi connectivity index (χ0n) is 10.5. The summed E-state index contributed by atoms with van der Waals surface area (Å²) < 4.78 is 5.07. The van der Waals surface area contributed by atoms with E-state index in [4.69, 9.17) is 4.52 Å². The number of amides is 1. The van der Waals surface area contributed by atoms with Gasteiger partial charge < -0.3 is 14.3 Å². The summed E-state index contributed by atoms with van der Waals surface area (Å²) in [6, 6.07) is 1.74. The summed E-state index contributed by atoms with van der Waals surface area (Å²) in [6.45, 7) is 8.61. The molecule has 2 rings (SSSR count). The van der Waals surface area contributed by atoms with Crippen LogP contribution in [0, 0.1) is 0 Å². The third-order valence-electron chi connectivity index (χ3n) is 3.24. The average Bonchev–Trinajstić information content (AvgIpc) is 2.87. The van der Waals surface area contributed by atoms with Crippen LogP contribution in [0.3, 0.4) is 0 Å². The number of rotatable bonds is 3. The normalized spacial score (nSPS) is 17.4. The Kier molecular flexibility index (Phi) is 3.78. The maximum atomic E-state index is 12.1. The van der Waals surface area contributed by atoms with E-state index in [0.717, 1.165) is 44.8 Å². The lowest BCUT2D eigenvalue weighted by Crippen LogP contribution is -2.48. The first-order valence-corrected chi connectivity index (χ1v) is 6.21. The molecule has 0 atom stereocenters. The molecule has 94 valence electrons. The van der Waals surface area contributed by atoms with Crippen LogP contribution >= 0.6 is 0 Å². The number of nitrogens with zero attached hydrogens (tertiary/aromatic N) is 3. The third kappa shape index (κ3) is 2.66. The van der Waals surface area contributed by atoms with E-state index in [1.54, 1.807) is 6.07 Å². The fraction of sp³-hybridized carbons (Fsp3) is 0.667. The first-order chi connectivity index (χ1) is 8.24. The van der Waals surface area contributed by atoms with Gasteiger partial charge in [-0.3, -0.25) is 4.79 Å². The van der Waals surface area contributed by atoms with E-state index >= 15 is 0 Å². The van der Waals surface area contributed by atoms with Gasteiger partial charge in [0, 0.05) is 32.2 Å². The van der Waals surface area contributed by atoms with Gasteiger partial charge in [-0.2, -0.15) is 0 Å². The molecule has 17 heavy (non-hydrogen) atoms. The molecular formula is C12H19N3O2. The highest BCUT2D eigenvalue weighted by molar-refractivity contribution is 5.91. The van der Waals surface area contributed by atoms with Crippen molar-refractivity contribution >= 4 is 5.91 Å². The highest BCUT2D eigenvalue weighted by atomic mass is 16.5. The molecule has 1 aliphatic rings. The molecule has 1 saturated heterocycles. The van der Waals surface area contributed by atoms with Gasteiger partial charge in [-0.25, -0.2) is 0 Å². The summed E-state index contributed by atoms with van der Waals surface area (Å²) in [4.78, 5) is 16.3. The molecule has 0 aliphatic carbocycles. The number of carbonyl (C=O) groups excluding carboxylic acids is 1. The number of likely N-dealkylation sites (N-methyl/N-ethyl adjacent to an activating group) is 1. The molecular weight excluding hydrogens is 218 g/mol. The average molecular weight is 237 g/mol. The van der Waals surface area contributed by atoms with Crippen LogP contribution in [0.2, 0.25) is 0 Å². The zero-order valence-corrected chi connectivity index (χ0v) is 10.5. The second-order valence-electron chi connectivity index (χ2n) is 4.26. The van der Waals surface area contributed by atoms with Crippen molar-refractivity contribution < 1.29 is 9.32 Å². The van der Waals surface area contributed by atoms with Crippen LogP contribution in [0.15, 0.2) is 10.6 Å². The van der Waals surface area contributed by atoms with E-state index in [9.17, 15) is 4.79 Å². The molecule has 0 N–H and O–H groups in total. The smallest absolute Gasteiger partial charge is 0.292 e. The lowest BCUT2D eigenvalue weighted by molar-refractivity contribution is 0.0603. The minimum absolute atomic E-state index is 0.0343. The predicted molar refractivity (Wildman–Crippen MR) is 63.9 cm³/mol. The van der Waals surface area contributed by atoms with Crippen molar-refractivity contribution in [2.24, 2.45) is 0 Å². The highest BCUT2D eigenvalue weighted by Gasteiger charge is 2.24. The maximum absolute atomic E-state index is 12.1. The van der Waals surface area contributed by atoms with E-state index < -0.39 is 0 Å². The third-order valence-corrected chi connectivity index (χ3v) is 3.24. The summed E-state index contributed by atoms with van der Waals surface area (Å²) in [6.07, 6.45) is 0.792. The Balaban J connectivity index is 1.96. The van der Waals surface area contributed by atoms with Crippen molar-refractivity contribution in [3.8, 4) is 0 Å². The number of piperazine rings is 1. The Morgan fingerprint density at radius 1 is 1.35 bits per heavy atom. The first kappa shape index (κ1) is 12.1. The summed E-state index contributed by atoms with van der Waals surface area (Å²) in [7, 11) is 0. The molecule has 1 aliphatic heterocycles. The summed E-state index contributed by atoms with van der Waals surface area (Å²) in [5, 5.41) is 3.85. The van der Waals surface area contributed by atoms with E-state index in [2.05, 4.69) is 17.0 Å². The largest absolute Gasteiger partial charge is 0.351 e. The Labute approximate surface area is 101 Å². The van der Waals surface area contributed by atoms with Crippen molar-refractivity contribution in [2.45, 2.75) is 20.3 Å². The molecule has 2 heterocycles. The van der Waals surface area contributed by atoms with Gasteiger partial charge in [0.05, 0.1) is 5.69 Å². The fourth-order valence-corrected chi connectivity index (χ4v) is 2.00. The SMILES string of the molecule is CCc1cc(C(=O)N2CCN(CC)CC2)on1. The molecule has 0 aromatic carbocycles. The van der Waals surface area contributed by atoms with Crippen LogP contribution in [-0.4, -0.2) is 53.6 Å². The molecule has 0 spiro atoms. The zero-order chi connectivity index (χ0) is 12.3. The van der Waals surface area contributed by atoms with Crippen molar-refractivity contribution in [3.63, 3.8) is 0 Å². The van der Waals surface area contributed by atoms with E-state index in [-0.39, 0.29) is 5.91 Å². The Hall–Kier alpha value is -1.36. The van der Waals surface area contributed by atoms with E-state index in [1.807, 2.05) is 11.8 Å². The Bertz CT molecular complexity index is 381. The Morgan fingerprint density at radius 3 is 2.59 bits per heavy atom. The molecule has 0 bridgehead atoms. The van der Waals surface area contributed by atoms with Gasteiger partial charge >= 0.3 is 0 Å².